The van der Waals surface area contributed by atoms with Crippen LogP contribution in [-0.2, 0) is 11.2 Å². The number of unbranched alkanes of at least 4 members (excludes halogenated alkanes) is 1. The smallest absolute Gasteiger partial charge is 0.315 e. The summed E-state index contributed by atoms with van der Waals surface area (Å²) < 4.78 is 0. The van der Waals surface area contributed by atoms with Crippen molar-refractivity contribution < 1.29 is 14.7 Å². The number of urea groups is 1. The number of nitrogens with one attached hydrogen (secondary N) is 2. The largest absolute Gasteiger partial charge is 0.481 e. The molecule has 2 aliphatic rings. The van der Waals surface area contributed by atoms with Crippen molar-refractivity contribution in [2.24, 2.45) is 5.73 Å². The zero-order valence-corrected chi connectivity index (χ0v) is 15.6. The van der Waals surface area contributed by atoms with Crippen LogP contribution in [0.25, 0.3) is 0 Å². The van der Waals surface area contributed by atoms with Gasteiger partial charge in [0.15, 0.2) is 0 Å². The van der Waals surface area contributed by atoms with E-state index in [1.165, 1.54) is 5.56 Å². The Balaban J connectivity index is 0.000000209. The van der Waals surface area contributed by atoms with Crippen LogP contribution in [0.4, 0.5) is 10.5 Å². The Labute approximate surface area is 158 Å². The predicted molar refractivity (Wildman–Crippen MR) is 105 cm³/mol. The van der Waals surface area contributed by atoms with Gasteiger partial charge in [0.2, 0.25) is 0 Å². The molecule has 2 saturated heterocycles. The number of benzene rings is 1. The highest BCUT2D eigenvalue weighted by molar-refractivity contribution is 8.00. The van der Waals surface area contributed by atoms with E-state index in [2.05, 4.69) is 10.6 Å². The fourth-order valence-corrected chi connectivity index (χ4v) is 4.66. The summed E-state index contributed by atoms with van der Waals surface area (Å²) in [6.45, 7) is 0.698. The topological polar surface area (TPSA) is 130 Å². The van der Waals surface area contributed by atoms with E-state index in [9.17, 15) is 9.59 Å². The molecule has 0 aromatic heterocycles. The Kier molecular flexibility index (Phi) is 8.06. The quantitative estimate of drug-likeness (QED) is 0.277. The highest BCUT2D eigenvalue weighted by Gasteiger charge is 2.42. The van der Waals surface area contributed by atoms with E-state index < -0.39 is 5.97 Å². The van der Waals surface area contributed by atoms with E-state index >= 15 is 0 Å². The molecule has 7 nitrogen and oxygen atoms in total. The molecule has 0 aliphatic carbocycles. The van der Waals surface area contributed by atoms with Gasteiger partial charge in [-0.3, -0.25) is 4.79 Å². The van der Waals surface area contributed by atoms with Crippen LogP contribution >= 0.6 is 11.8 Å². The summed E-state index contributed by atoms with van der Waals surface area (Å²) in [6, 6.07) is 8.23. The van der Waals surface area contributed by atoms with Crippen LogP contribution in [0.5, 0.6) is 0 Å². The van der Waals surface area contributed by atoms with Crippen LogP contribution in [0.1, 0.15) is 31.2 Å². The third kappa shape index (κ3) is 6.42. The van der Waals surface area contributed by atoms with E-state index in [4.69, 9.17) is 16.6 Å². The third-order valence-corrected chi connectivity index (χ3v) is 5.99. The number of carbonyl (C=O) groups is 2. The number of nitrogens with two attached hydrogens (primary N) is 2. The molecule has 8 heteroatoms. The van der Waals surface area contributed by atoms with Crippen LogP contribution in [0.15, 0.2) is 24.3 Å². The van der Waals surface area contributed by atoms with Crippen molar-refractivity contribution in [3.63, 3.8) is 0 Å². The van der Waals surface area contributed by atoms with E-state index in [1.54, 1.807) is 0 Å². The molecule has 26 heavy (non-hydrogen) atoms. The number of hydrogen-bond donors (Lipinski definition) is 5. The van der Waals surface area contributed by atoms with Gasteiger partial charge in [-0.1, -0.05) is 18.6 Å². The molecule has 3 atom stereocenters. The van der Waals surface area contributed by atoms with Gasteiger partial charge in [-0.15, -0.1) is 0 Å². The second-order valence-corrected chi connectivity index (χ2v) is 7.81. The molecule has 7 N–H and O–H groups in total. The minimum absolute atomic E-state index is 0.0640. The molecule has 0 radical (unpaired) electrons. The van der Waals surface area contributed by atoms with Gasteiger partial charge >= 0.3 is 12.0 Å². The Morgan fingerprint density at radius 3 is 2.62 bits per heavy atom. The standard InChI is InChI=1S/C10H16N2O3S.C8H12N2/c13-8(14)4-2-1-3-7-9-6(5-16-7)11-10(15)12-9;9-6-5-7-1-3-8(10)4-2-7/h6-7,9H,1-5H2,(H,13,14)(H2,11,12,15);1-4H,5-6,9-10H2/t6-,7-,9-;/m0./s1. The monoisotopic (exact) mass is 380 g/mol. The molecule has 0 unspecified atom stereocenters. The molecule has 1 aromatic carbocycles. The molecule has 2 amide bonds. The minimum atomic E-state index is -0.729. The SMILES string of the molecule is NCCc1ccc(N)cc1.O=C(O)CCCC[C@@H]1SC[C@@H]2NC(=O)N[C@@H]21. The number of anilines is 1. The summed E-state index contributed by atoms with van der Waals surface area (Å²) in [6.07, 6.45) is 3.81. The van der Waals surface area contributed by atoms with Gasteiger partial charge in [0, 0.05) is 23.1 Å². The summed E-state index contributed by atoms with van der Waals surface area (Å²) in [4.78, 5) is 21.5. The van der Waals surface area contributed by atoms with Gasteiger partial charge in [-0.25, -0.2) is 4.79 Å². The zero-order chi connectivity index (χ0) is 18.9. The van der Waals surface area contributed by atoms with Crippen molar-refractivity contribution in [3.05, 3.63) is 29.8 Å². The molecule has 0 saturated carbocycles. The fourth-order valence-electron chi connectivity index (χ4n) is 3.12. The summed E-state index contributed by atoms with van der Waals surface area (Å²) >= 11 is 1.87. The van der Waals surface area contributed by atoms with Crippen LogP contribution < -0.4 is 22.1 Å². The highest BCUT2D eigenvalue weighted by atomic mass is 32.2. The number of thioether (sulfide) groups is 1. The molecule has 2 heterocycles. The second kappa shape index (κ2) is 10.3. The fraction of sp³-hybridized carbons (Fsp3) is 0.556. The lowest BCUT2D eigenvalue weighted by Gasteiger charge is -2.16. The van der Waals surface area contributed by atoms with Gasteiger partial charge in [0.25, 0.3) is 0 Å². The average molecular weight is 381 g/mol. The lowest BCUT2D eigenvalue weighted by atomic mass is 10.0. The maximum Gasteiger partial charge on any atom is 0.315 e. The number of amides is 2. The second-order valence-electron chi connectivity index (χ2n) is 6.54. The average Bonchev–Trinajstić information content (AvgIpc) is 3.14. The first-order valence-electron chi connectivity index (χ1n) is 8.94. The Hall–Kier alpha value is -1.93. The highest BCUT2D eigenvalue weighted by Crippen LogP contribution is 2.33. The molecule has 1 aromatic rings. The molecule has 144 valence electrons. The van der Waals surface area contributed by atoms with Gasteiger partial charge in [-0.2, -0.15) is 11.8 Å². The number of carbonyl (C=O) groups excluding carboxylic acids is 1. The first-order chi connectivity index (χ1) is 12.5. The summed E-state index contributed by atoms with van der Waals surface area (Å²) in [5.74, 6) is 0.236. The van der Waals surface area contributed by atoms with E-state index in [0.29, 0.717) is 11.8 Å². The van der Waals surface area contributed by atoms with E-state index in [1.807, 2.05) is 36.0 Å². The molecule has 2 aliphatic heterocycles. The van der Waals surface area contributed by atoms with Crippen molar-refractivity contribution in [1.29, 1.82) is 0 Å². The predicted octanol–water partition coefficient (Wildman–Crippen LogP) is 1.57. The van der Waals surface area contributed by atoms with Crippen molar-refractivity contribution >= 4 is 29.4 Å². The van der Waals surface area contributed by atoms with Crippen molar-refractivity contribution in [1.82, 2.24) is 10.6 Å². The minimum Gasteiger partial charge on any atom is -0.481 e. The van der Waals surface area contributed by atoms with Crippen LogP contribution in [0.3, 0.4) is 0 Å². The number of hydrogen-bond acceptors (Lipinski definition) is 5. The van der Waals surface area contributed by atoms with Crippen LogP contribution in [-0.4, -0.2) is 46.7 Å². The lowest BCUT2D eigenvalue weighted by Crippen LogP contribution is -2.36. The van der Waals surface area contributed by atoms with E-state index in [0.717, 1.165) is 37.1 Å². The zero-order valence-electron chi connectivity index (χ0n) is 14.8. The Morgan fingerprint density at radius 1 is 1.23 bits per heavy atom. The van der Waals surface area contributed by atoms with Crippen molar-refractivity contribution in [2.45, 2.75) is 49.4 Å². The van der Waals surface area contributed by atoms with Gasteiger partial charge in [0.05, 0.1) is 12.1 Å². The van der Waals surface area contributed by atoms with Crippen LogP contribution in [0.2, 0.25) is 0 Å². The number of carboxylic acid groups (broad SMARTS) is 1. The number of carboxylic acids is 1. The first-order valence-corrected chi connectivity index (χ1v) is 9.99. The van der Waals surface area contributed by atoms with E-state index in [-0.39, 0.29) is 24.5 Å². The van der Waals surface area contributed by atoms with Crippen molar-refractivity contribution in [2.75, 3.05) is 18.0 Å². The molecule has 3 rings (SSSR count). The molecule has 2 fully saturated rings. The van der Waals surface area contributed by atoms with Gasteiger partial charge in [0.1, 0.15) is 0 Å². The Morgan fingerprint density at radius 2 is 1.96 bits per heavy atom. The van der Waals surface area contributed by atoms with Gasteiger partial charge in [-0.05, 0) is 43.5 Å². The molecule has 0 bridgehead atoms. The molecule has 0 spiro atoms. The number of fused-ring (bicyclic) bond motifs is 1. The lowest BCUT2D eigenvalue weighted by molar-refractivity contribution is -0.137. The van der Waals surface area contributed by atoms with Crippen molar-refractivity contribution in [3.8, 4) is 0 Å². The maximum atomic E-state index is 11.1. The number of nitrogen functional groups attached to an aromatic ring is 1. The third-order valence-electron chi connectivity index (χ3n) is 4.48. The summed E-state index contributed by atoms with van der Waals surface area (Å²) in [7, 11) is 0. The number of aliphatic carboxylic acids is 1. The van der Waals surface area contributed by atoms with Crippen LogP contribution in [0, 0.1) is 0 Å². The summed E-state index contributed by atoms with van der Waals surface area (Å²) in [5, 5.41) is 14.8. The molecular weight excluding hydrogens is 352 g/mol. The Bertz CT molecular complexity index is 597. The number of rotatable bonds is 7. The normalized spacial score (nSPS) is 23.4. The first kappa shape index (κ1) is 20.4. The maximum absolute atomic E-state index is 11.1. The molecular formula is C18H28N4O3S. The van der Waals surface area contributed by atoms with Gasteiger partial charge < -0.3 is 27.2 Å². The summed E-state index contributed by atoms with van der Waals surface area (Å²) in [5.41, 5.74) is 12.9.